The number of rotatable bonds is 2. The van der Waals surface area contributed by atoms with E-state index in [2.05, 4.69) is 15.9 Å². The molecular formula is C10H17BeBrO4S. The van der Waals surface area contributed by atoms with E-state index in [0.29, 0.717) is 12.8 Å². The van der Waals surface area contributed by atoms with Crippen LogP contribution in [-0.2, 0) is 14.9 Å². The zero-order valence-electron chi connectivity index (χ0n) is 11.9. The van der Waals surface area contributed by atoms with Crippen LogP contribution in [0.5, 0.6) is 0 Å². The number of fused-ring (bicyclic) bond motifs is 2. The SMILES string of the molecule is CC1(C)C2CCC1(C(Br)S(=O)(=O)O)C(=O)C2.[Be+2].[H-].[H-]. The summed E-state index contributed by atoms with van der Waals surface area (Å²) in [5, 5.41) is 0. The van der Waals surface area contributed by atoms with Crippen molar-refractivity contribution in [1.29, 1.82) is 0 Å². The molecule has 2 rings (SSSR count). The zero-order chi connectivity index (χ0) is 12.4. The van der Waals surface area contributed by atoms with E-state index in [1.54, 1.807) is 0 Å². The number of alkyl halides is 1. The molecule has 3 atom stereocenters. The Morgan fingerprint density at radius 1 is 1.53 bits per heavy atom. The van der Waals surface area contributed by atoms with Crippen LogP contribution in [0.1, 0.15) is 36.0 Å². The van der Waals surface area contributed by atoms with Gasteiger partial charge in [-0.3, -0.25) is 9.35 Å². The van der Waals surface area contributed by atoms with Crippen molar-refractivity contribution in [3.63, 3.8) is 0 Å². The van der Waals surface area contributed by atoms with Gasteiger partial charge >= 0.3 is 10.1 Å². The van der Waals surface area contributed by atoms with Gasteiger partial charge in [0.05, 0.1) is 5.41 Å². The van der Waals surface area contributed by atoms with Crippen molar-refractivity contribution in [2.75, 3.05) is 0 Å². The molecular weight excluding hydrogens is 305 g/mol. The second-order valence-corrected chi connectivity index (χ2v) is 8.41. The largest absolute Gasteiger partial charge is 2.00 e. The van der Waals surface area contributed by atoms with E-state index in [1.807, 2.05) is 13.8 Å². The number of halogens is 1. The second-order valence-electron chi connectivity index (χ2n) is 5.39. The molecule has 2 aliphatic carbocycles. The number of hydrogen-bond donors (Lipinski definition) is 1. The van der Waals surface area contributed by atoms with Crippen LogP contribution in [0, 0.1) is 16.7 Å². The first-order valence-corrected chi connectivity index (χ1v) is 7.69. The number of carbonyl (C=O) groups excluding carboxylic acids is 1. The van der Waals surface area contributed by atoms with Crippen LogP contribution in [0.2, 0.25) is 0 Å². The van der Waals surface area contributed by atoms with Crippen LogP contribution in [0.25, 0.3) is 0 Å². The van der Waals surface area contributed by atoms with Gasteiger partial charge in [-0.1, -0.05) is 29.8 Å². The number of carbonyl (C=O) groups is 1. The van der Waals surface area contributed by atoms with Crippen LogP contribution in [-0.4, -0.2) is 33.0 Å². The summed E-state index contributed by atoms with van der Waals surface area (Å²) in [5.41, 5.74) is -1.32. The van der Waals surface area contributed by atoms with Crippen molar-refractivity contribution in [3.8, 4) is 0 Å². The standard InChI is InChI=1S/C10H15BrO4S.Be.2H/c1-9(2)6-3-4-10(9,7(12)5-6)8(11)16(13,14)15;;;/h6,8H,3-5H2,1-2H3,(H,13,14,15);;;/q;+2;2*-1. The molecule has 0 spiro atoms. The van der Waals surface area contributed by atoms with E-state index in [4.69, 9.17) is 0 Å². The Morgan fingerprint density at radius 3 is 2.35 bits per heavy atom. The van der Waals surface area contributed by atoms with Crippen molar-refractivity contribution in [3.05, 3.63) is 0 Å². The zero-order valence-corrected chi connectivity index (χ0v) is 12.3. The van der Waals surface area contributed by atoms with Crippen LogP contribution >= 0.6 is 15.9 Å². The quantitative estimate of drug-likeness (QED) is 0.478. The Bertz CT molecular complexity index is 456. The maximum atomic E-state index is 12.1. The topological polar surface area (TPSA) is 71.4 Å². The first-order valence-electron chi connectivity index (χ1n) is 5.27. The van der Waals surface area contributed by atoms with Gasteiger partial charge in [0.15, 0.2) is 4.16 Å². The van der Waals surface area contributed by atoms with Gasteiger partial charge in [-0.05, 0) is 24.2 Å². The third-order valence-electron chi connectivity index (χ3n) is 4.64. The van der Waals surface area contributed by atoms with Gasteiger partial charge in [-0.25, -0.2) is 0 Å². The molecule has 2 aliphatic rings. The van der Waals surface area contributed by atoms with Gasteiger partial charge in [0.1, 0.15) is 5.78 Å². The fourth-order valence-electron chi connectivity index (χ4n) is 3.50. The van der Waals surface area contributed by atoms with E-state index in [-0.39, 0.29) is 30.1 Å². The van der Waals surface area contributed by atoms with E-state index in [9.17, 15) is 17.8 Å². The normalized spacial score (nSPS) is 36.7. The Kier molecular flexibility index (Phi) is 3.70. The number of ketones is 1. The minimum Gasteiger partial charge on any atom is -1.00 e. The third kappa shape index (κ3) is 1.76. The van der Waals surface area contributed by atoms with Crippen LogP contribution in [0.3, 0.4) is 0 Å². The molecule has 7 heteroatoms. The maximum absolute atomic E-state index is 12.1. The Balaban J connectivity index is 0. The van der Waals surface area contributed by atoms with Gasteiger partial charge in [-0.2, -0.15) is 8.42 Å². The summed E-state index contributed by atoms with van der Waals surface area (Å²) in [6.07, 6.45) is 1.83. The van der Waals surface area contributed by atoms with Crippen molar-refractivity contribution in [2.24, 2.45) is 16.7 Å². The monoisotopic (exact) mass is 321 g/mol. The van der Waals surface area contributed by atoms with Gasteiger partial charge in [0.2, 0.25) is 0 Å². The molecule has 3 unspecified atom stereocenters. The fourth-order valence-corrected chi connectivity index (χ4v) is 5.63. The molecule has 2 fully saturated rings. The van der Waals surface area contributed by atoms with E-state index < -0.39 is 19.7 Å². The Labute approximate surface area is 117 Å². The van der Waals surface area contributed by atoms with Crippen molar-refractivity contribution in [2.45, 2.75) is 37.3 Å². The van der Waals surface area contributed by atoms with Gasteiger partial charge in [0, 0.05) is 6.42 Å². The second kappa shape index (κ2) is 4.12. The molecule has 0 saturated heterocycles. The molecule has 0 aromatic carbocycles. The summed E-state index contributed by atoms with van der Waals surface area (Å²) < 4.78 is 30.6. The molecule has 0 radical (unpaired) electrons. The van der Waals surface area contributed by atoms with E-state index in [0.717, 1.165) is 6.42 Å². The van der Waals surface area contributed by atoms with Crippen LogP contribution in [0.4, 0.5) is 0 Å². The van der Waals surface area contributed by atoms with Crippen molar-refractivity contribution >= 4 is 42.0 Å². The maximum Gasteiger partial charge on any atom is 2.00 e. The van der Waals surface area contributed by atoms with Crippen LogP contribution in [0.15, 0.2) is 0 Å². The average Bonchev–Trinajstić information content (AvgIpc) is 2.48. The summed E-state index contributed by atoms with van der Waals surface area (Å²) >= 11 is 3.03. The van der Waals surface area contributed by atoms with Crippen LogP contribution < -0.4 is 0 Å². The average molecular weight is 322 g/mol. The number of Topliss-reactive ketones (excluding diaryl/α,β-unsaturated/α-hetero) is 1. The van der Waals surface area contributed by atoms with Gasteiger partial charge in [-0.15, -0.1) is 0 Å². The summed E-state index contributed by atoms with van der Waals surface area (Å²) in [6.45, 7) is 3.85. The minimum absolute atomic E-state index is 0. The summed E-state index contributed by atoms with van der Waals surface area (Å²) in [5.74, 6) is 0.204. The predicted molar refractivity (Wildman–Crippen MR) is 70.8 cm³/mol. The Morgan fingerprint density at radius 2 is 2.06 bits per heavy atom. The van der Waals surface area contributed by atoms with Crippen molar-refractivity contribution < 1.29 is 20.6 Å². The summed E-state index contributed by atoms with van der Waals surface area (Å²) in [4.78, 5) is 12.1. The molecule has 0 heterocycles. The fraction of sp³-hybridized carbons (Fsp3) is 0.900. The summed E-state index contributed by atoms with van der Waals surface area (Å²) in [7, 11) is -4.24. The molecule has 0 aliphatic heterocycles. The van der Waals surface area contributed by atoms with E-state index >= 15 is 0 Å². The molecule has 0 amide bonds. The first kappa shape index (κ1) is 15.3. The molecule has 0 aromatic rings. The van der Waals surface area contributed by atoms with Gasteiger partial charge in [0.25, 0.3) is 10.1 Å². The predicted octanol–water partition coefficient (Wildman–Crippen LogP) is 1.83. The van der Waals surface area contributed by atoms with Gasteiger partial charge < -0.3 is 2.85 Å². The smallest absolute Gasteiger partial charge is 1.00 e. The molecule has 96 valence electrons. The Hall–Kier alpha value is 0.229. The minimum atomic E-state index is -4.24. The molecule has 17 heavy (non-hydrogen) atoms. The number of hydrogen-bond acceptors (Lipinski definition) is 3. The summed E-state index contributed by atoms with van der Waals surface area (Å²) in [6, 6.07) is 0. The third-order valence-corrected chi connectivity index (χ3v) is 7.76. The molecule has 0 aromatic heterocycles. The van der Waals surface area contributed by atoms with E-state index in [1.165, 1.54) is 0 Å². The molecule has 2 saturated carbocycles. The molecule has 1 N–H and O–H groups in total. The first-order chi connectivity index (χ1) is 7.14. The molecule has 2 bridgehead atoms. The van der Waals surface area contributed by atoms with Crippen molar-refractivity contribution in [1.82, 2.24) is 0 Å². The molecule has 4 nitrogen and oxygen atoms in total.